The number of benzene rings is 1. The van der Waals surface area contributed by atoms with Crippen LogP contribution in [0.5, 0.6) is 5.75 Å². The van der Waals surface area contributed by atoms with Crippen LogP contribution in [0, 0.1) is 0 Å². The highest BCUT2D eigenvalue weighted by Gasteiger charge is 2.02. The molecule has 66 valence electrons. The first-order valence-corrected chi connectivity index (χ1v) is 3.86. The Morgan fingerprint density at radius 2 is 2.23 bits per heavy atom. The van der Waals surface area contributed by atoms with E-state index < -0.39 is 0 Å². The highest BCUT2D eigenvalue weighted by Crippen LogP contribution is 2.23. The summed E-state index contributed by atoms with van der Waals surface area (Å²) in [6.45, 7) is 0. The van der Waals surface area contributed by atoms with E-state index in [1.807, 2.05) is 6.07 Å². The standard InChI is InChI=1S/C10H8O3/c1-12-8-2-3-10-7(4-8)5-9(6-11)13-10/h2-6H,1H3. The van der Waals surface area contributed by atoms with Gasteiger partial charge in [-0.25, -0.2) is 0 Å². The molecule has 0 N–H and O–H groups in total. The molecule has 0 bridgehead atoms. The molecule has 0 aliphatic heterocycles. The van der Waals surface area contributed by atoms with Crippen LogP contribution >= 0.6 is 0 Å². The molecule has 13 heavy (non-hydrogen) atoms. The number of ether oxygens (including phenoxy) is 1. The molecule has 0 aliphatic carbocycles. The highest BCUT2D eigenvalue weighted by atomic mass is 16.5. The zero-order valence-corrected chi connectivity index (χ0v) is 7.11. The Morgan fingerprint density at radius 1 is 1.38 bits per heavy atom. The van der Waals surface area contributed by atoms with Gasteiger partial charge in [-0.2, -0.15) is 0 Å². The number of aldehydes is 1. The average molecular weight is 176 g/mol. The van der Waals surface area contributed by atoms with Gasteiger partial charge in [0.1, 0.15) is 11.3 Å². The van der Waals surface area contributed by atoms with Crippen LogP contribution in [0.15, 0.2) is 28.7 Å². The molecule has 0 saturated carbocycles. The molecule has 1 aromatic carbocycles. The van der Waals surface area contributed by atoms with E-state index in [0.717, 1.165) is 11.1 Å². The Balaban J connectivity index is 2.63. The molecule has 0 fully saturated rings. The molecule has 0 radical (unpaired) electrons. The van der Waals surface area contributed by atoms with Gasteiger partial charge in [0.15, 0.2) is 12.0 Å². The van der Waals surface area contributed by atoms with Crippen LogP contribution in [0.4, 0.5) is 0 Å². The van der Waals surface area contributed by atoms with E-state index >= 15 is 0 Å². The molecule has 0 saturated heterocycles. The summed E-state index contributed by atoms with van der Waals surface area (Å²) in [6.07, 6.45) is 0.687. The van der Waals surface area contributed by atoms with Crippen molar-refractivity contribution in [3.05, 3.63) is 30.0 Å². The van der Waals surface area contributed by atoms with Gasteiger partial charge in [-0.1, -0.05) is 0 Å². The van der Waals surface area contributed by atoms with E-state index in [0.29, 0.717) is 17.6 Å². The van der Waals surface area contributed by atoms with E-state index in [4.69, 9.17) is 9.15 Å². The fourth-order valence-corrected chi connectivity index (χ4v) is 1.23. The summed E-state index contributed by atoms with van der Waals surface area (Å²) < 4.78 is 10.2. The van der Waals surface area contributed by atoms with Crippen molar-refractivity contribution in [3.8, 4) is 5.75 Å². The zero-order chi connectivity index (χ0) is 9.26. The maximum atomic E-state index is 10.4. The van der Waals surface area contributed by atoms with Crippen LogP contribution in [-0.2, 0) is 0 Å². The summed E-state index contributed by atoms with van der Waals surface area (Å²) in [6, 6.07) is 7.08. The molecular formula is C10H8O3. The van der Waals surface area contributed by atoms with Crippen molar-refractivity contribution >= 4 is 17.3 Å². The number of hydrogen-bond donors (Lipinski definition) is 0. The zero-order valence-electron chi connectivity index (χ0n) is 7.11. The van der Waals surface area contributed by atoms with Gasteiger partial charge in [0.2, 0.25) is 0 Å². The second kappa shape index (κ2) is 2.94. The lowest BCUT2D eigenvalue weighted by Crippen LogP contribution is -1.79. The molecule has 2 aromatic rings. The summed E-state index contributed by atoms with van der Waals surface area (Å²) in [5.41, 5.74) is 0.697. The number of furan rings is 1. The van der Waals surface area contributed by atoms with Crippen LogP contribution < -0.4 is 4.74 Å². The van der Waals surface area contributed by atoms with Crippen LogP contribution in [0.3, 0.4) is 0 Å². The van der Waals surface area contributed by atoms with Gasteiger partial charge >= 0.3 is 0 Å². The van der Waals surface area contributed by atoms with E-state index in [1.54, 1.807) is 25.3 Å². The van der Waals surface area contributed by atoms with Gasteiger partial charge in [-0.05, 0) is 24.3 Å². The first-order valence-electron chi connectivity index (χ1n) is 3.86. The normalized spacial score (nSPS) is 10.2. The summed E-state index contributed by atoms with van der Waals surface area (Å²) >= 11 is 0. The molecule has 3 heteroatoms. The maximum absolute atomic E-state index is 10.4. The van der Waals surface area contributed by atoms with Crippen LogP contribution in [0.2, 0.25) is 0 Å². The first-order chi connectivity index (χ1) is 6.33. The summed E-state index contributed by atoms with van der Waals surface area (Å²) in [5.74, 6) is 1.09. The van der Waals surface area contributed by atoms with Crippen LogP contribution in [0.1, 0.15) is 10.6 Å². The monoisotopic (exact) mass is 176 g/mol. The van der Waals surface area contributed by atoms with Crippen LogP contribution in [0.25, 0.3) is 11.0 Å². The predicted octanol–water partition coefficient (Wildman–Crippen LogP) is 2.25. The minimum atomic E-state index is 0.336. The molecule has 3 nitrogen and oxygen atoms in total. The number of carbonyl (C=O) groups is 1. The maximum Gasteiger partial charge on any atom is 0.185 e. The summed E-state index contributed by atoms with van der Waals surface area (Å²) in [4.78, 5) is 10.4. The first kappa shape index (κ1) is 7.86. The van der Waals surface area contributed by atoms with Gasteiger partial charge in [-0.15, -0.1) is 0 Å². The molecule has 1 aromatic heterocycles. The van der Waals surface area contributed by atoms with Gasteiger partial charge in [0.05, 0.1) is 7.11 Å². The molecule has 0 atom stereocenters. The minimum Gasteiger partial charge on any atom is -0.497 e. The topological polar surface area (TPSA) is 39.4 Å². The van der Waals surface area contributed by atoms with Crippen LogP contribution in [-0.4, -0.2) is 13.4 Å². The Morgan fingerprint density at radius 3 is 2.92 bits per heavy atom. The number of methoxy groups -OCH3 is 1. The van der Waals surface area contributed by atoms with Crippen molar-refractivity contribution in [2.45, 2.75) is 0 Å². The predicted molar refractivity (Wildman–Crippen MR) is 48.2 cm³/mol. The Labute approximate surface area is 74.9 Å². The van der Waals surface area contributed by atoms with Crippen molar-refractivity contribution in [2.24, 2.45) is 0 Å². The Kier molecular flexibility index (Phi) is 1.77. The van der Waals surface area contributed by atoms with Crippen molar-refractivity contribution in [1.82, 2.24) is 0 Å². The molecule has 2 rings (SSSR count). The number of rotatable bonds is 2. The van der Waals surface area contributed by atoms with Gasteiger partial charge < -0.3 is 9.15 Å². The van der Waals surface area contributed by atoms with Crippen molar-refractivity contribution in [2.75, 3.05) is 7.11 Å². The Hall–Kier alpha value is -1.77. The third kappa shape index (κ3) is 1.28. The molecule has 0 unspecified atom stereocenters. The van der Waals surface area contributed by atoms with Crippen molar-refractivity contribution in [3.63, 3.8) is 0 Å². The average Bonchev–Trinajstić information content (AvgIpc) is 2.58. The van der Waals surface area contributed by atoms with E-state index in [2.05, 4.69) is 0 Å². The second-order valence-electron chi connectivity index (χ2n) is 2.67. The van der Waals surface area contributed by atoms with Gasteiger partial charge in [0, 0.05) is 5.39 Å². The SMILES string of the molecule is COc1ccc2oc(C=O)cc2c1. The fourth-order valence-electron chi connectivity index (χ4n) is 1.23. The fraction of sp³-hybridized carbons (Fsp3) is 0.100. The van der Waals surface area contributed by atoms with Crippen molar-refractivity contribution < 1.29 is 13.9 Å². The lowest BCUT2D eigenvalue weighted by Gasteiger charge is -1.96. The molecular weight excluding hydrogens is 168 g/mol. The second-order valence-corrected chi connectivity index (χ2v) is 2.67. The third-order valence-electron chi connectivity index (χ3n) is 1.86. The third-order valence-corrected chi connectivity index (χ3v) is 1.86. The van der Waals surface area contributed by atoms with E-state index in [1.165, 1.54) is 0 Å². The number of carbonyl (C=O) groups excluding carboxylic acids is 1. The van der Waals surface area contributed by atoms with E-state index in [-0.39, 0.29) is 0 Å². The molecule has 0 amide bonds. The van der Waals surface area contributed by atoms with Crippen molar-refractivity contribution in [1.29, 1.82) is 0 Å². The lowest BCUT2D eigenvalue weighted by atomic mass is 10.2. The molecule has 1 heterocycles. The quantitative estimate of drug-likeness (QED) is 0.659. The van der Waals surface area contributed by atoms with Gasteiger partial charge in [0.25, 0.3) is 0 Å². The largest absolute Gasteiger partial charge is 0.497 e. The smallest absolute Gasteiger partial charge is 0.185 e. The summed E-state index contributed by atoms with van der Waals surface area (Å²) in [7, 11) is 1.60. The minimum absolute atomic E-state index is 0.336. The molecule has 0 spiro atoms. The van der Waals surface area contributed by atoms with Gasteiger partial charge in [-0.3, -0.25) is 4.79 Å². The number of fused-ring (bicyclic) bond motifs is 1. The Bertz CT molecular complexity index is 442. The lowest BCUT2D eigenvalue weighted by molar-refractivity contribution is 0.110. The number of hydrogen-bond acceptors (Lipinski definition) is 3. The highest BCUT2D eigenvalue weighted by molar-refractivity contribution is 5.85. The van der Waals surface area contributed by atoms with E-state index in [9.17, 15) is 4.79 Å². The molecule has 0 aliphatic rings. The summed E-state index contributed by atoms with van der Waals surface area (Å²) in [5, 5.41) is 0.876.